The van der Waals surface area contributed by atoms with Crippen LogP contribution in [0.5, 0.6) is 5.75 Å². The second kappa shape index (κ2) is 7.54. The average Bonchev–Trinajstić information content (AvgIpc) is 2.62. The lowest BCUT2D eigenvalue weighted by Crippen LogP contribution is -2.03. The van der Waals surface area contributed by atoms with Crippen LogP contribution in [0.15, 0.2) is 46.4 Å². The maximum absolute atomic E-state index is 12.4. The summed E-state index contributed by atoms with van der Waals surface area (Å²) < 4.78 is 0.0121. The number of benzene rings is 2. The van der Waals surface area contributed by atoms with E-state index in [0.29, 0.717) is 0 Å². The molecule has 1 N–H and O–H groups in total. The largest absolute Gasteiger partial charge is 0.506 e. The number of halogens is 1. The quantitative estimate of drug-likeness (QED) is 0.256. The molecule has 9 nitrogen and oxygen atoms in total. The first-order chi connectivity index (χ1) is 12.2. The summed E-state index contributed by atoms with van der Waals surface area (Å²) in [5.74, 6) is -1.21. The summed E-state index contributed by atoms with van der Waals surface area (Å²) in [4.78, 5) is 32.8. The number of non-ortho nitro benzene ring substituents is 2. The van der Waals surface area contributed by atoms with Crippen molar-refractivity contribution in [3.8, 4) is 11.8 Å². The Bertz CT molecular complexity index is 1010. The second-order valence-electron chi connectivity index (χ2n) is 4.93. The number of Topliss-reactive ketones (excluding diaryl/α,β-unsaturated/α-hetero) is 1. The summed E-state index contributed by atoms with van der Waals surface area (Å²) in [6, 6.07) is 8.50. The third kappa shape index (κ3) is 3.90. The minimum Gasteiger partial charge on any atom is -0.506 e. The molecular weight excluding hydrogens is 410 g/mol. The van der Waals surface area contributed by atoms with Crippen molar-refractivity contribution in [1.29, 1.82) is 5.26 Å². The molecule has 10 heteroatoms. The lowest BCUT2D eigenvalue weighted by atomic mass is 10.0. The third-order valence-corrected chi connectivity index (χ3v) is 3.88. The monoisotopic (exact) mass is 417 g/mol. The van der Waals surface area contributed by atoms with Gasteiger partial charge in [0.15, 0.2) is 0 Å². The Kier molecular flexibility index (Phi) is 5.44. The molecule has 0 aliphatic rings. The van der Waals surface area contributed by atoms with Gasteiger partial charge in [-0.25, -0.2) is 0 Å². The lowest BCUT2D eigenvalue weighted by molar-refractivity contribution is -0.385. The van der Waals surface area contributed by atoms with Crippen LogP contribution in [0.3, 0.4) is 0 Å². The maximum atomic E-state index is 12.4. The number of ketones is 1. The van der Waals surface area contributed by atoms with E-state index in [0.717, 1.165) is 24.3 Å². The predicted octanol–water partition coefficient (Wildman–Crippen LogP) is 3.76. The van der Waals surface area contributed by atoms with E-state index in [-0.39, 0.29) is 27.0 Å². The highest BCUT2D eigenvalue weighted by atomic mass is 79.9. The van der Waals surface area contributed by atoms with Crippen molar-refractivity contribution < 1.29 is 19.7 Å². The van der Waals surface area contributed by atoms with Crippen LogP contribution in [-0.4, -0.2) is 20.7 Å². The Labute approximate surface area is 154 Å². The number of nitro benzene ring substituents is 2. The zero-order chi connectivity index (χ0) is 19.4. The SMILES string of the molecule is N#C/C(=C\c1cc([N+](=O)[O-])cc(Br)c1O)C(=O)c1cccc([N+](=O)[O-])c1. The Morgan fingerprint density at radius 3 is 2.38 bits per heavy atom. The standard InChI is InChI=1S/C16H8BrN3O6/c17-14-7-13(20(25)26)6-10(16(14)22)4-11(8-18)15(21)9-2-1-3-12(5-9)19(23)24/h1-7,22H/b11-4+. The fourth-order valence-corrected chi connectivity index (χ4v) is 2.50. The van der Waals surface area contributed by atoms with E-state index < -0.39 is 27.0 Å². The van der Waals surface area contributed by atoms with E-state index in [4.69, 9.17) is 0 Å². The first kappa shape index (κ1) is 18.8. The fraction of sp³-hybridized carbons (Fsp3) is 0. The summed E-state index contributed by atoms with van der Waals surface area (Å²) in [6.07, 6.45) is 0.980. The molecule has 0 amide bonds. The van der Waals surface area contributed by atoms with Crippen LogP contribution in [0.2, 0.25) is 0 Å². The van der Waals surface area contributed by atoms with Crippen LogP contribution in [0.25, 0.3) is 6.08 Å². The van der Waals surface area contributed by atoms with E-state index in [1.54, 1.807) is 6.07 Å². The van der Waals surface area contributed by atoms with E-state index >= 15 is 0 Å². The first-order valence-corrected chi connectivity index (χ1v) is 7.61. The summed E-state index contributed by atoms with van der Waals surface area (Å²) in [6.45, 7) is 0. The van der Waals surface area contributed by atoms with Crippen LogP contribution >= 0.6 is 15.9 Å². The number of allylic oxidation sites excluding steroid dienone is 1. The number of aromatic hydroxyl groups is 1. The van der Waals surface area contributed by atoms with Crippen molar-refractivity contribution in [2.24, 2.45) is 0 Å². The van der Waals surface area contributed by atoms with E-state index in [9.17, 15) is 35.4 Å². The molecule has 0 spiro atoms. The van der Waals surface area contributed by atoms with Gasteiger partial charge in [-0.1, -0.05) is 12.1 Å². The molecule has 0 aliphatic carbocycles. The molecule has 130 valence electrons. The van der Waals surface area contributed by atoms with Crippen molar-refractivity contribution in [3.05, 3.63) is 77.8 Å². The maximum Gasteiger partial charge on any atom is 0.271 e. The molecule has 2 rings (SSSR count). The second-order valence-corrected chi connectivity index (χ2v) is 5.78. The molecule has 2 aromatic carbocycles. The van der Waals surface area contributed by atoms with Crippen molar-refractivity contribution in [2.75, 3.05) is 0 Å². The molecule has 0 unspecified atom stereocenters. The highest BCUT2D eigenvalue weighted by molar-refractivity contribution is 9.10. The van der Waals surface area contributed by atoms with Crippen LogP contribution in [0.4, 0.5) is 11.4 Å². The minimum absolute atomic E-state index is 0.0121. The van der Waals surface area contributed by atoms with Gasteiger partial charge in [-0.05, 0) is 22.0 Å². The van der Waals surface area contributed by atoms with E-state index in [1.807, 2.05) is 0 Å². The van der Waals surface area contributed by atoms with E-state index in [1.165, 1.54) is 18.2 Å². The zero-order valence-corrected chi connectivity index (χ0v) is 14.3. The first-order valence-electron chi connectivity index (χ1n) is 6.82. The van der Waals surface area contributed by atoms with Crippen molar-refractivity contribution in [1.82, 2.24) is 0 Å². The van der Waals surface area contributed by atoms with Crippen molar-refractivity contribution in [3.63, 3.8) is 0 Å². The molecule has 0 atom stereocenters. The number of carbonyl (C=O) groups is 1. The van der Waals surface area contributed by atoms with Gasteiger partial charge >= 0.3 is 0 Å². The Morgan fingerprint density at radius 2 is 1.81 bits per heavy atom. The molecule has 0 heterocycles. The highest BCUT2D eigenvalue weighted by Crippen LogP contribution is 2.34. The summed E-state index contributed by atoms with van der Waals surface area (Å²) >= 11 is 2.96. The van der Waals surface area contributed by atoms with Crippen LogP contribution in [-0.2, 0) is 0 Å². The summed E-state index contributed by atoms with van der Waals surface area (Å²) in [7, 11) is 0. The summed E-state index contributed by atoms with van der Waals surface area (Å²) in [5.41, 5.74) is -1.36. The number of nitriles is 1. The van der Waals surface area contributed by atoms with Gasteiger partial charge in [0.25, 0.3) is 11.4 Å². The number of hydrogen-bond donors (Lipinski definition) is 1. The van der Waals surface area contributed by atoms with Gasteiger partial charge in [0.05, 0.1) is 14.3 Å². The smallest absolute Gasteiger partial charge is 0.271 e. The number of rotatable bonds is 5. The fourth-order valence-electron chi connectivity index (χ4n) is 2.04. The van der Waals surface area contributed by atoms with Crippen LogP contribution in [0, 0.1) is 31.6 Å². The Morgan fingerprint density at radius 1 is 1.15 bits per heavy atom. The highest BCUT2D eigenvalue weighted by Gasteiger charge is 2.19. The predicted molar refractivity (Wildman–Crippen MR) is 93.5 cm³/mol. The van der Waals surface area contributed by atoms with E-state index in [2.05, 4.69) is 15.9 Å². The van der Waals surface area contributed by atoms with Gasteiger partial charge in [0.1, 0.15) is 17.4 Å². The number of phenols is 1. The lowest BCUT2D eigenvalue weighted by Gasteiger charge is -2.04. The van der Waals surface area contributed by atoms with Gasteiger partial charge in [-0.2, -0.15) is 5.26 Å². The van der Waals surface area contributed by atoms with Gasteiger partial charge < -0.3 is 5.11 Å². The minimum atomic E-state index is -0.821. The number of carbonyl (C=O) groups excluding carboxylic acids is 1. The molecule has 0 saturated carbocycles. The molecule has 0 fully saturated rings. The average molecular weight is 418 g/mol. The number of hydrogen-bond acceptors (Lipinski definition) is 7. The molecule has 0 aliphatic heterocycles. The van der Waals surface area contributed by atoms with Gasteiger partial charge in [-0.15, -0.1) is 0 Å². The van der Waals surface area contributed by atoms with Crippen LogP contribution in [0.1, 0.15) is 15.9 Å². The molecule has 0 saturated heterocycles. The number of nitrogens with zero attached hydrogens (tertiary/aromatic N) is 3. The Balaban J connectivity index is 2.54. The van der Waals surface area contributed by atoms with Crippen molar-refractivity contribution >= 4 is 39.2 Å². The Hall–Kier alpha value is -3.58. The van der Waals surface area contributed by atoms with Gasteiger partial charge in [-0.3, -0.25) is 25.0 Å². The topological polar surface area (TPSA) is 147 Å². The number of nitro groups is 2. The molecule has 26 heavy (non-hydrogen) atoms. The van der Waals surface area contributed by atoms with Gasteiger partial charge in [0.2, 0.25) is 5.78 Å². The summed E-state index contributed by atoms with van der Waals surface area (Å²) in [5, 5.41) is 40.9. The molecular formula is C16H8BrN3O6. The molecule has 2 aromatic rings. The van der Waals surface area contributed by atoms with Crippen LogP contribution < -0.4 is 0 Å². The molecule has 0 aromatic heterocycles. The normalized spacial score (nSPS) is 10.8. The molecule has 0 bridgehead atoms. The third-order valence-electron chi connectivity index (χ3n) is 3.27. The number of phenolic OH excluding ortho intramolecular Hbond substituents is 1. The van der Waals surface area contributed by atoms with Crippen molar-refractivity contribution in [2.45, 2.75) is 0 Å². The van der Waals surface area contributed by atoms with Gasteiger partial charge in [0, 0.05) is 35.4 Å². The zero-order valence-electron chi connectivity index (χ0n) is 12.7. The molecule has 0 radical (unpaired) electrons.